The average Bonchev–Trinajstić information content (AvgIpc) is 2.90. The Morgan fingerprint density at radius 1 is 0.676 bits per heavy atom. The maximum absolute atomic E-state index is 14.0. The Kier molecular flexibility index (Phi) is 5.81. The molecule has 0 N–H and O–H groups in total. The van der Waals surface area contributed by atoms with E-state index in [0.717, 1.165) is 21.3 Å². The second-order valence-electron chi connectivity index (χ2n) is 8.26. The van der Waals surface area contributed by atoms with Gasteiger partial charge in [0.25, 0.3) is 0 Å². The molecule has 0 spiro atoms. The Morgan fingerprint density at radius 3 is 1.62 bits per heavy atom. The topological polar surface area (TPSA) is 47.3 Å². The van der Waals surface area contributed by atoms with E-state index in [-0.39, 0.29) is 17.5 Å². The molecule has 0 saturated heterocycles. The van der Waals surface area contributed by atoms with Gasteiger partial charge in [0.2, 0.25) is 0 Å². The Balaban J connectivity index is 1.79. The Labute approximate surface area is 205 Å². The van der Waals surface area contributed by atoms with Crippen molar-refractivity contribution in [1.29, 1.82) is 0 Å². The van der Waals surface area contributed by atoms with Crippen molar-refractivity contribution in [1.82, 2.24) is 0 Å². The summed E-state index contributed by atoms with van der Waals surface area (Å²) >= 11 is 4.27. The molecule has 1 aromatic heterocycles. The SMILES string of the molecule is O=C(CP(Br)(c1ccccc1)(c1ccccc1)c1ccccc1)c1cc2ccccc2oc1=O. The van der Waals surface area contributed by atoms with Crippen molar-refractivity contribution in [2.24, 2.45) is 0 Å². The molecule has 1 heterocycles. The second kappa shape index (κ2) is 8.79. The number of halogens is 1. The fraction of sp³-hybridized carbons (Fsp3) is 0.0345. The quantitative estimate of drug-likeness (QED) is 0.158. The summed E-state index contributed by atoms with van der Waals surface area (Å²) in [6, 6.07) is 39.0. The van der Waals surface area contributed by atoms with E-state index in [1.807, 2.05) is 66.7 Å². The molecule has 5 rings (SSSR count). The molecule has 0 aliphatic rings. The van der Waals surface area contributed by atoms with Crippen molar-refractivity contribution in [3.05, 3.63) is 137 Å². The molecule has 168 valence electrons. The number of hydrogen-bond donors (Lipinski definition) is 0. The number of rotatable bonds is 6. The summed E-state index contributed by atoms with van der Waals surface area (Å²) in [6.07, 6.45) is 0.104. The number of fused-ring (bicyclic) bond motifs is 1. The third-order valence-corrected chi connectivity index (χ3v) is 15.7. The molecule has 0 aliphatic carbocycles. The van der Waals surface area contributed by atoms with Crippen molar-refractivity contribution in [3.8, 4) is 0 Å². The Morgan fingerprint density at radius 2 is 1.12 bits per heavy atom. The van der Waals surface area contributed by atoms with Gasteiger partial charge in [0.15, 0.2) is 0 Å². The molecular weight excluding hydrogens is 507 g/mol. The number of carbonyl (C=O) groups is 1. The standard InChI is InChI=1S/C29H22BrO3P/c30-34(23-13-4-1-5-14-23,24-15-6-2-7-16-24,25-17-8-3-9-18-25)21-27(31)26-20-22-12-10-11-19-28(22)33-29(26)32/h1-20H,21H2. The third-order valence-electron chi connectivity index (χ3n) is 6.27. The monoisotopic (exact) mass is 528 g/mol. The van der Waals surface area contributed by atoms with Crippen LogP contribution < -0.4 is 21.5 Å². The molecule has 0 saturated carbocycles. The first kappa shape index (κ1) is 22.5. The number of Topliss-reactive ketones (excluding diaryl/α,β-unsaturated/α-hetero) is 1. The van der Waals surface area contributed by atoms with E-state index in [1.165, 1.54) is 0 Å². The Hall–Kier alpha value is -3.33. The van der Waals surface area contributed by atoms with Gasteiger partial charge in [0.05, 0.1) is 0 Å². The van der Waals surface area contributed by atoms with Gasteiger partial charge in [-0.3, -0.25) is 0 Å². The molecule has 0 amide bonds. The van der Waals surface area contributed by atoms with Crippen molar-refractivity contribution >= 4 is 53.5 Å². The number of para-hydroxylation sites is 1. The molecule has 4 aromatic carbocycles. The maximum atomic E-state index is 14.0. The van der Waals surface area contributed by atoms with Crippen molar-refractivity contribution in [3.63, 3.8) is 0 Å². The normalized spacial score (nSPS) is 12.7. The minimum absolute atomic E-state index is 0.0648. The Bertz CT molecular complexity index is 1430. The van der Waals surface area contributed by atoms with E-state index in [2.05, 4.69) is 51.9 Å². The molecule has 0 radical (unpaired) electrons. The van der Waals surface area contributed by atoms with Crippen LogP contribution in [0.15, 0.2) is 131 Å². The van der Waals surface area contributed by atoms with Crippen molar-refractivity contribution in [2.75, 3.05) is 6.16 Å². The summed E-state index contributed by atoms with van der Waals surface area (Å²) in [6.45, 7) is 0. The fourth-order valence-corrected chi connectivity index (χ4v) is 11.9. The van der Waals surface area contributed by atoms with Crippen LogP contribution in [0.4, 0.5) is 0 Å². The molecule has 3 nitrogen and oxygen atoms in total. The predicted octanol–water partition coefficient (Wildman–Crippen LogP) is 5.82. The van der Waals surface area contributed by atoms with Gasteiger partial charge in [-0.1, -0.05) is 0 Å². The van der Waals surface area contributed by atoms with Crippen LogP contribution in [0.2, 0.25) is 0 Å². The van der Waals surface area contributed by atoms with Gasteiger partial charge in [0.1, 0.15) is 0 Å². The molecule has 0 bridgehead atoms. The van der Waals surface area contributed by atoms with E-state index in [1.54, 1.807) is 18.2 Å². The van der Waals surface area contributed by atoms with Gasteiger partial charge in [-0.15, -0.1) is 0 Å². The third kappa shape index (κ3) is 3.64. The van der Waals surface area contributed by atoms with E-state index >= 15 is 0 Å². The van der Waals surface area contributed by atoms with Crippen LogP contribution in [0, 0.1) is 0 Å². The summed E-state index contributed by atoms with van der Waals surface area (Å²) < 4.78 is 5.50. The summed E-state index contributed by atoms with van der Waals surface area (Å²) in [7, 11) is 0. The second-order valence-corrected chi connectivity index (χ2v) is 17.2. The van der Waals surface area contributed by atoms with E-state index < -0.39 is 10.9 Å². The van der Waals surface area contributed by atoms with Crippen LogP contribution >= 0.6 is 20.8 Å². The van der Waals surface area contributed by atoms with E-state index in [0.29, 0.717) is 5.58 Å². The number of ketones is 1. The molecule has 0 atom stereocenters. The molecule has 0 unspecified atom stereocenters. The first-order chi connectivity index (χ1) is 16.5. The fourth-order valence-electron chi connectivity index (χ4n) is 4.55. The van der Waals surface area contributed by atoms with Crippen LogP contribution in [-0.2, 0) is 0 Å². The summed E-state index contributed by atoms with van der Waals surface area (Å²) in [4.78, 5) is 26.9. The molecular formula is C29H22BrO3P. The van der Waals surface area contributed by atoms with Gasteiger partial charge in [-0.2, -0.15) is 0 Å². The summed E-state index contributed by atoms with van der Waals surface area (Å²) in [5.74, 6) is -0.259. The molecule has 5 aromatic rings. The van der Waals surface area contributed by atoms with Crippen LogP contribution in [0.3, 0.4) is 0 Å². The van der Waals surface area contributed by atoms with Gasteiger partial charge in [-0.05, 0) is 0 Å². The van der Waals surface area contributed by atoms with Gasteiger partial charge in [-0.25, -0.2) is 0 Å². The molecule has 0 aliphatic heterocycles. The molecule has 34 heavy (non-hydrogen) atoms. The molecule has 0 fully saturated rings. The zero-order valence-electron chi connectivity index (χ0n) is 18.3. The van der Waals surface area contributed by atoms with E-state index in [4.69, 9.17) is 4.42 Å². The minimum atomic E-state index is -3.50. The summed E-state index contributed by atoms with van der Waals surface area (Å²) in [5, 5.41) is 0.277. The van der Waals surface area contributed by atoms with Crippen LogP contribution in [0.5, 0.6) is 0 Å². The van der Waals surface area contributed by atoms with Crippen molar-refractivity contribution < 1.29 is 9.21 Å². The number of hydrogen-bond acceptors (Lipinski definition) is 3. The predicted molar refractivity (Wildman–Crippen MR) is 146 cm³/mol. The zero-order chi connectivity index (χ0) is 23.6. The summed E-state index contributed by atoms with van der Waals surface area (Å²) in [5.41, 5.74) is -0.0834. The first-order valence-corrected chi connectivity index (χ1v) is 15.4. The van der Waals surface area contributed by atoms with Gasteiger partial charge < -0.3 is 0 Å². The van der Waals surface area contributed by atoms with Crippen molar-refractivity contribution in [2.45, 2.75) is 0 Å². The van der Waals surface area contributed by atoms with Gasteiger partial charge >= 0.3 is 206 Å². The van der Waals surface area contributed by atoms with Crippen LogP contribution in [0.1, 0.15) is 10.4 Å². The van der Waals surface area contributed by atoms with E-state index in [9.17, 15) is 9.59 Å². The zero-order valence-corrected chi connectivity index (χ0v) is 20.8. The number of carbonyl (C=O) groups excluding carboxylic acids is 1. The average molecular weight is 529 g/mol. The number of benzene rings is 4. The van der Waals surface area contributed by atoms with Gasteiger partial charge in [0, 0.05) is 0 Å². The first-order valence-electron chi connectivity index (χ1n) is 11.0. The van der Waals surface area contributed by atoms with Crippen LogP contribution in [0.25, 0.3) is 11.0 Å². The van der Waals surface area contributed by atoms with Crippen LogP contribution in [-0.4, -0.2) is 11.9 Å². The molecule has 5 heteroatoms.